The number of aliphatic carboxylic acids is 1. The smallest absolute Gasteiger partial charge is 0.331 e. The van der Waals surface area contributed by atoms with E-state index in [1.807, 2.05) is 4.90 Å². The Morgan fingerprint density at radius 2 is 2.00 bits per heavy atom. The first kappa shape index (κ1) is 15.0. The highest BCUT2D eigenvalue weighted by Crippen LogP contribution is 2.31. The van der Waals surface area contributed by atoms with Crippen molar-refractivity contribution in [1.82, 2.24) is 0 Å². The third-order valence-corrected chi connectivity index (χ3v) is 3.61. The fraction of sp³-hybridized carbons (Fsp3) is 0.400. The second-order valence-electron chi connectivity index (χ2n) is 5.19. The first-order valence-corrected chi connectivity index (χ1v) is 6.94. The van der Waals surface area contributed by atoms with Gasteiger partial charge in [-0.3, -0.25) is 10.1 Å². The lowest BCUT2D eigenvalue weighted by Crippen LogP contribution is -2.29. The summed E-state index contributed by atoms with van der Waals surface area (Å²) in [5.41, 5.74) is 1.33. The summed E-state index contributed by atoms with van der Waals surface area (Å²) < 4.78 is 0. The Labute approximate surface area is 122 Å². The van der Waals surface area contributed by atoms with Crippen LogP contribution in [0.15, 0.2) is 23.8 Å². The maximum absolute atomic E-state index is 11.3. The van der Waals surface area contributed by atoms with Gasteiger partial charge in [0.1, 0.15) is 5.69 Å². The molecule has 0 bridgehead atoms. The zero-order valence-electron chi connectivity index (χ0n) is 11.9. The lowest BCUT2D eigenvalue weighted by molar-refractivity contribution is -0.384. The molecule has 0 radical (unpaired) electrons. The van der Waals surface area contributed by atoms with Gasteiger partial charge in [0.2, 0.25) is 0 Å². The van der Waals surface area contributed by atoms with Crippen molar-refractivity contribution in [2.24, 2.45) is 0 Å². The Balaban J connectivity index is 2.37. The molecule has 1 aliphatic heterocycles. The summed E-state index contributed by atoms with van der Waals surface area (Å²) in [5.74, 6) is -1.03. The van der Waals surface area contributed by atoms with Crippen LogP contribution in [0.2, 0.25) is 0 Å². The average Bonchev–Trinajstić information content (AvgIpc) is 2.47. The lowest BCUT2D eigenvalue weighted by atomic mass is 10.1. The number of anilines is 1. The number of benzene rings is 1. The molecule has 1 aromatic carbocycles. The molecule has 0 saturated carbocycles. The molecule has 1 aromatic rings. The quantitative estimate of drug-likeness (QED) is 0.523. The first-order chi connectivity index (χ1) is 9.99. The van der Waals surface area contributed by atoms with E-state index in [1.165, 1.54) is 19.1 Å². The Morgan fingerprint density at radius 3 is 2.57 bits per heavy atom. The van der Waals surface area contributed by atoms with E-state index in [2.05, 4.69) is 0 Å². The summed E-state index contributed by atoms with van der Waals surface area (Å²) >= 11 is 0. The molecule has 0 aromatic heterocycles. The van der Waals surface area contributed by atoms with Gasteiger partial charge in [-0.1, -0.05) is 6.07 Å². The van der Waals surface area contributed by atoms with Gasteiger partial charge >= 0.3 is 5.97 Å². The third kappa shape index (κ3) is 3.59. The minimum atomic E-state index is -1.03. The van der Waals surface area contributed by atoms with Crippen LogP contribution in [0, 0.1) is 10.1 Å². The fourth-order valence-electron chi connectivity index (χ4n) is 2.49. The second kappa shape index (κ2) is 6.39. The Kier molecular flexibility index (Phi) is 4.57. The largest absolute Gasteiger partial charge is 0.478 e. The molecular formula is C15H18N2O4. The van der Waals surface area contributed by atoms with Crippen molar-refractivity contribution in [1.29, 1.82) is 0 Å². The molecule has 1 aliphatic rings. The lowest BCUT2D eigenvalue weighted by Gasteiger charge is -2.28. The van der Waals surface area contributed by atoms with Crippen LogP contribution < -0.4 is 4.90 Å². The van der Waals surface area contributed by atoms with Gasteiger partial charge in [0.25, 0.3) is 5.69 Å². The van der Waals surface area contributed by atoms with E-state index < -0.39 is 10.9 Å². The van der Waals surface area contributed by atoms with E-state index in [-0.39, 0.29) is 11.3 Å². The van der Waals surface area contributed by atoms with Crippen molar-refractivity contribution in [3.63, 3.8) is 0 Å². The standard InChI is InChI=1S/C15H18N2O4/c1-11(15(18)19)9-12-5-6-13(14(10-12)17(20)21)16-7-3-2-4-8-16/h5-6,9-10H,2-4,7-8H2,1H3,(H,18,19)/b11-9+. The molecule has 6 heteroatoms. The molecule has 1 fully saturated rings. The molecule has 1 N–H and O–H groups in total. The van der Waals surface area contributed by atoms with Crippen LogP contribution in [0.4, 0.5) is 11.4 Å². The molecule has 0 amide bonds. The second-order valence-corrected chi connectivity index (χ2v) is 5.19. The van der Waals surface area contributed by atoms with E-state index >= 15 is 0 Å². The van der Waals surface area contributed by atoms with Gasteiger partial charge in [-0.15, -0.1) is 0 Å². The van der Waals surface area contributed by atoms with Crippen molar-refractivity contribution in [3.8, 4) is 0 Å². The van der Waals surface area contributed by atoms with Gasteiger partial charge in [0.05, 0.1) is 4.92 Å². The molecule has 0 atom stereocenters. The van der Waals surface area contributed by atoms with Crippen LogP contribution >= 0.6 is 0 Å². The number of carboxylic acids is 1. The molecule has 1 saturated heterocycles. The number of nitro groups is 1. The number of rotatable bonds is 4. The van der Waals surface area contributed by atoms with Crippen molar-refractivity contribution in [2.45, 2.75) is 26.2 Å². The monoisotopic (exact) mass is 290 g/mol. The van der Waals surface area contributed by atoms with Crippen molar-refractivity contribution < 1.29 is 14.8 Å². The molecule has 1 heterocycles. The Bertz CT molecular complexity index is 589. The highest BCUT2D eigenvalue weighted by molar-refractivity contribution is 5.91. The van der Waals surface area contributed by atoms with Crippen LogP contribution in [0.25, 0.3) is 6.08 Å². The van der Waals surface area contributed by atoms with E-state index in [0.717, 1.165) is 32.4 Å². The van der Waals surface area contributed by atoms with Crippen molar-refractivity contribution in [3.05, 3.63) is 39.4 Å². The zero-order valence-corrected chi connectivity index (χ0v) is 11.9. The maximum Gasteiger partial charge on any atom is 0.331 e. The number of nitro benzene ring substituents is 1. The topological polar surface area (TPSA) is 83.7 Å². The van der Waals surface area contributed by atoms with Gasteiger partial charge in [0, 0.05) is 24.7 Å². The third-order valence-electron chi connectivity index (χ3n) is 3.61. The van der Waals surface area contributed by atoms with Crippen molar-refractivity contribution in [2.75, 3.05) is 18.0 Å². The van der Waals surface area contributed by atoms with Gasteiger partial charge < -0.3 is 10.0 Å². The highest BCUT2D eigenvalue weighted by atomic mass is 16.6. The minimum Gasteiger partial charge on any atom is -0.478 e. The number of piperidine rings is 1. The number of hydrogen-bond acceptors (Lipinski definition) is 4. The van der Waals surface area contributed by atoms with Gasteiger partial charge in [-0.2, -0.15) is 0 Å². The number of carboxylic acid groups (broad SMARTS) is 1. The summed E-state index contributed by atoms with van der Waals surface area (Å²) in [7, 11) is 0. The van der Waals surface area contributed by atoms with Crippen molar-refractivity contribution >= 4 is 23.4 Å². The van der Waals surface area contributed by atoms with E-state index in [4.69, 9.17) is 5.11 Å². The summed E-state index contributed by atoms with van der Waals surface area (Å²) in [4.78, 5) is 23.7. The number of carbonyl (C=O) groups is 1. The van der Waals surface area contributed by atoms with Gasteiger partial charge in [-0.05, 0) is 43.9 Å². The normalized spacial score (nSPS) is 15.9. The van der Waals surface area contributed by atoms with Crippen LogP contribution in [0.5, 0.6) is 0 Å². The highest BCUT2D eigenvalue weighted by Gasteiger charge is 2.21. The van der Waals surface area contributed by atoms with Gasteiger partial charge in [0.15, 0.2) is 0 Å². The SMILES string of the molecule is C/C(=C\c1ccc(N2CCCCC2)c([N+](=O)[O-])c1)C(=O)O. The van der Waals surface area contributed by atoms with E-state index in [0.29, 0.717) is 11.3 Å². The molecule has 0 spiro atoms. The summed E-state index contributed by atoms with van der Waals surface area (Å²) in [6, 6.07) is 4.88. The summed E-state index contributed by atoms with van der Waals surface area (Å²) in [6.07, 6.45) is 4.67. The molecule has 6 nitrogen and oxygen atoms in total. The van der Waals surface area contributed by atoms with Crippen LogP contribution in [-0.4, -0.2) is 29.1 Å². The van der Waals surface area contributed by atoms with Crippen LogP contribution in [-0.2, 0) is 4.79 Å². The Morgan fingerprint density at radius 1 is 1.33 bits per heavy atom. The minimum absolute atomic E-state index is 0.0313. The zero-order chi connectivity index (χ0) is 15.4. The molecule has 2 rings (SSSR count). The van der Waals surface area contributed by atoms with Crippen LogP contribution in [0.1, 0.15) is 31.7 Å². The predicted octanol–water partition coefficient (Wildman–Crippen LogP) is 3.07. The Hall–Kier alpha value is -2.37. The average molecular weight is 290 g/mol. The molecular weight excluding hydrogens is 272 g/mol. The van der Waals surface area contributed by atoms with E-state index in [9.17, 15) is 14.9 Å². The first-order valence-electron chi connectivity index (χ1n) is 6.94. The maximum atomic E-state index is 11.3. The number of hydrogen-bond donors (Lipinski definition) is 1. The fourth-order valence-corrected chi connectivity index (χ4v) is 2.49. The summed E-state index contributed by atoms with van der Waals surface area (Å²) in [5, 5.41) is 20.1. The summed E-state index contributed by atoms with van der Waals surface area (Å²) in [6.45, 7) is 3.11. The molecule has 21 heavy (non-hydrogen) atoms. The molecule has 0 unspecified atom stereocenters. The van der Waals surface area contributed by atoms with Gasteiger partial charge in [-0.25, -0.2) is 4.79 Å². The molecule has 0 aliphatic carbocycles. The predicted molar refractivity (Wildman–Crippen MR) is 80.4 cm³/mol. The van der Waals surface area contributed by atoms with E-state index in [1.54, 1.807) is 12.1 Å². The van der Waals surface area contributed by atoms with Crippen LogP contribution in [0.3, 0.4) is 0 Å². The molecule has 112 valence electrons. The number of nitrogens with zero attached hydrogens (tertiary/aromatic N) is 2.